The fourth-order valence-electron chi connectivity index (χ4n) is 1.50. The average molecular weight is 213 g/mol. The molecule has 0 aromatic heterocycles. The van der Waals surface area contributed by atoms with Crippen molar-refractivity contribution in [2.24, 2.45) is 5.92 Å². The van der Waals surface area contributed by atoms with Gasteiger partial charge in [0.2, 0.25) is 5.91 Å². The first-order valence-electron chi connectivity index (χ1n) is 6.12. The van der Waals surface area contributed by atoms with Crippen LogP contribution in [0.3, 0.4) is 0 Å². The zero-order valence-corrected chi connectivity index (χ0v) is 11.0. The summed E-state index contributed by atoms with van der Waals surface area (Å²) >= 11 is 0. The second-order valence-electron chi connectivity index (χ2n) is 5.79. The molecule has 0 heterocycles. The number of carbonyl (C=O) groups is 1. The number of nitrogens with one attached hydrogen (secondary N) is 1. The van der Waals surface area contributed by atoms with E-state index < -0.39 is 0 Å². The average Bonchev–Trinajstić information content (AvgIpc) is 1.99. The Morgan fingerprint density at radius 2 is 1.73 bits per heavy atom. The molecule has 2 heteroatoms. The summed E-state index contributed by atoms with van der Waals surface area (Å²) < 4.78 is 0. The number of hydrogen-bond donors (Lipinski definition) is 1. The van der Waals surface area contributed by atoms with Crippen LogP contribution >= 0.6 is 0 Å². The van der Waals surface area contributed by atoms with E-state index in [1.54, 1.807) is 0 Å². The molecule has 0 saturated carbocycles. The highest BCUT2D eigenvalue weighted by Crippen LogP contribution is 2.09. The number of unbranched alkanes of at least 4 members (excludes halogenated alkanes) is 2. The number of amides is 1. The van der Waals surface area contributed by atoms with Crippen molar-refractivity contribution in [1.29, 1.82) is 0 Å². The van der Waals surface area contributed by atoms with Crippen LogP contribution in [0.25, 0.3) is 0 Å². The molecule has 0 aliphatic heterocycles. The van der Waals surface area contributed by atoms with E-state index in [1.807, 2.05) is 20.8 Å². The Labute approximate surface area is 94.8 Å². The minimum atomic E-state index is -0.0883. The molecule has 0 unspecified atom stereocenters. The predicted molar refractivity (Wildman–Crippen MR) is 65.8 cm³/mol. The van der Waals surface area contributed by atoms with E-state index in [1.165, 1.54) is 19.3 Å². The largest absolute Gasteiger partial charge is 0.352 e. The van der Waals surface area contributed by atoms with Crippen LogP contribution in [0.4, 0.5) is 0 Å². The first-order valence-corrected chi connectivity index (χ1v) is 6.12. The molecule has 0 fully saturated rings. The molecule has 0 bridgehead atoms. The summed E-state index contributed by atoms with van der Waals surface area (Å²) in [5, 5.41) is 2.98. The van der Waals surface area contributed by atoms with Gasteiger partial charge in [-0.1, -0.05) is 33.1 Å². The number of hydrogen-bond acceptors (Lipinski definition) is 1. The molecular formula is C13H27NO. The van der Waals surface area contributed by atoms with Crippen LogP contribution in [0.15, 0.2) is 0 Å². The molecule has 1 amide bonds. The van der Waals surface area contributed by atoms with Gasteiger partial charge in [0.15, 0.2) is 0 Å². The normalized spacial score (nSPS) is 11.9. The van der Waals surface area contributed by atoms with Crippen molar-refractivity contribution in [3.8, 4) is 0 Å². The fraction of sp³-hybridized carbons (Fsp3) is 0.923. The molecule has 2 nitrogen and oxygen atoms in total. The summed E-state index contributed by atoms with van der Waals surface area (Å²) in [6.07, 6.45) is 5.40. The number of carbonyl (C=O) groups excluding carboxylic acids is 1. The quantitative estimate of drug-likeness (QED) is 0.672. The van der Waals surface area contributed by atoms with Gasteiger partial charge < -0.3 is 5.32 Å². The Balaban J connectivity index is 3.40. The highest BCUT2D eigenvalue weighted by atomic mass is 16.1. The lowest BCUT2D eigenvalue weighted by Gasteiger charge is -2.20. The SMILES string of the molecule is CC(C)CCCCCC(=O)NC(C)(C)C. The van der Waals surface area contributed by atoms with Gasteiger partial charge in [0.05, 0.1) is 0 Å². The van der Waals surface area contributed by atoms with Crippen LogP contribution in [-0.2, 0) is 4.79 Å². The van der Waals surface area contributed by atoms with Gasteiger partial charge in [-0.05, 0) is 33.1 Å². The third kappa shape index (κ3) is 11.4. The van der Waals surface area contributed by atoms with Crippen LogP contribution < -0.4 is 5.32 Å². The number of rotatable bonds is 6. The van der Waals surface area contributed by atoms with Gasteiger partial charge >= 0.3 is 0 Å². The van der Waals surface area contributed by atoms with E-state index in [0.29, 0.717) is 6.42 Å². The fourth-order valence-corrected chi connectivity index (χ4v) is 1.50. The summed E-state index contributed by atoms with van der Waals surface area (Å²) in [7, 11) is 0. The van der Waals surface area contributed by atoms with Crippen molar-refractivity contribution in [3.05, 3.63) is 0 Å². The third-order valence-electron chi connectivity index (χ3n) is 2.20. The maximum Gasteiger partial charge on any atom is 0.220 e. The van der Waals surface area contributed by atoms with E-state index in [2.05, 4.69) is 19.2 Å². The zero-order valence-electron chi connectivity index (χ0n) is 11.0. The highest BCUT2D eigenvalue weighted by Gasteiger charge is 2.12. The predicted octanol–water partition coefficient (Wildman–Crippen LogP) is 3.51. The molecule has 0 spiro atoms. The van der Waals surface area contributed by atoms with Crippen LogP contribution in [0.1, 0.15) is 66.7 Å². The first kappa shape index (κ1) is 14.5. The monoisotopic (exact) mass is 213 g/mol. The Bertz CT molecular complexity index is 179. The van der Waals surface area contributed by atoms with Gasteiger partial charge in [-0.2, -0.15) is 0 Å². The molecule has 0 aromatic rings. The molecule has 90 valence electrons. The van der Waals surface area contributed by atoms with Crippen molar-refractivity contribution >= 4 is 5.91 Å². The molecular weight excluding hydrogens is 186 g/mol. The van der Waals surface area contributed by atoms with Crippen molar-refractivity contribution in [2.75, 3.05) is 0 Å². The molecule has 1 N–H and O–H groups in total. The van der Waals surface area contributed by atoms with E-state index in [4.69, 9.17) is 0 Å². The minimum absolute atomic E-state index is 0.0883. The molecule has 0 saturated heterocycles. The van der Waals surface area contributed by atoms with Crippen molar-refractivity contribution in [3.63, 3.8) is 0 Å². The smallest absolute Gasteiger partial charge is 0.220 e. The van der Waals surface area contributed by atoms with E-state index in [9.17, 15) is 4.79 Å². The lowest BCUT2D eigenvalue weighted by Crippen LogP contribution is -2.40. The van der Waals surface area contributed by atoms with Crippen LogP contribution in [0, 0.1) is 5.92 Å². The van der Waals surface area contributed by atoms with Crippen LogP contribution in [-0.4, -0.2) is 11.4 Å². The molecule has 0 radical (unpaired) electrons. The second-order valence-corrected chi connectivity index (χ2v) is 5.79. The minimum Gasteiger partial charge on any atom is -0.352 e. The summed E-state index contributed by atoms with van der Waals surface area (Å²) in [6, 6.07) is 0. The Morgan fingerprint density at radius 3 is 2.20 bits per heavy atom. The second kappa shape index (κ2) is 6.86. The summed E-state index contributed by atoms with van der Waals surface area (Å²) in [5.41, 5.74) is -0.0883. The highest BCUT2D eigenvalue weighted by molar-refractivity contribution is 5.76. The summed E-state index contributed by atoms with van der Waals surface area (Å²) in [5.74, 6) is 0.973. The first-order chi connectivity index (χ1) is 6.81. The van der Waals surface area contributed by atoms with E-state index >= 15 is 0 Å². The van der Waals surface area contributed by atoms with Gasteiger partial charge in [-0.25, -0.2) is 0 Å². The standard InChI is InChI=1S/C13H27NO/c1-11(2)9-7-6-8-10-12(15)14-13(3,4)5/h11H,6-10H2,1-5H3,(H,14,15). The molecule has 0 aromatic carbocycles. The van der Waals surface area contributed by atoms with Crippen molar-refractivity contribution < 1.29 is 4.79 Å². The Morgan fingerprint density at radius 1 is 1.13 bits per heavy atom. The van der Waals surface area contributed by atoms with Crippen LogP contribution in [0.2, 0.25) is 0 Å². The van der Waals surface area contributed by atoms with Gasteiger partial charge in [0.1, 0.15) is 0 Å². The topological polar surface area (TPSA) is 29.1 Å². The van der Waals surface area contributed by atoms with E-state index in [-0.39, 0.29) is 11.4 Å². The molecule has 0 aliphatic carbocycles. The van der Waals surface area contributed by atoms with Gasteiger partial charge in [0, 0.05) is 12.0 Å². The van der Waals surface area contributed by atoms with Gasteiger partial charge in [0.25, 0.3) is 0 Å². The zero-order chi connectivity index (χ0) is 11.9. The van der Waals surface area contributed by atoms with Crippen LogP contribution in [0.5, 0.6) is 0 Å². The van der Waals surface area contributed by atoms with Gasteiger partial charge in [-0.15, -0.1) is 0 Å². The maximum atomic E-state index is 11.4. The molecule has 15 heavy (non-hydrogen) atoms. The van der Waals surface area contributed by atoms with Gasteiger partial charge in [-0.3, -0.25) is 4.79 Å². The lowest BCUT2D eigenvalue weighted by atomic mass is 10.0. The molecule has 0 atom stereocenters. The maximum absolute atomic E-state index is 11.4. The molecule has 0 rings (SSSR count). The van der Waals surface area contributed by atoms with E-state index in [0.717, 1.165) is 12.3 Å². The summed E-state index contributed by atoms with van der Waals surface area (Å²) in [4.78, 5) is 11.4. The third-order valence-corrected chi connectivity index (χ3v) is 2.20. The van der Waals surface area contributed by atoms with Crippen molar-refractivity contribution in [1.82, 2.24) is 5.32 Å². The lowest BCUT2D eigenvalue weighted by molar-refractivity contribution is -0.122. The van der Waals surface area contributed by atoms with Crippen molar-refractivity contribution in [2.45, 2.75) is 72.3 Å². The summed E-state index contributed by atoms with van der Waals surface area (Å²) in [6.45, 7) is 10.5. The Hall–Kier alpha value is -0.530. The Kier molecular flexibility index (Phi) is 6.62. The molecule has 0 aliphatic rings.